The number of carboxylic acids is 1. The minimum absolute atomic E-state index is 0. The molecule has 6 heteroatoms. The smallest absolute Gasteiger partial charge is 0.338 e. The topological polar surface area (TPSA) is 64.3 Å². The Labute approximate surface area is 110 Å². The van der Waals surface area contributed by atoms with Crippen LogP contribution in [-0.4, -0.2) is 28.0 Å². The number of carbonyl (C=O) groups is 1. The number of hydrogen-bond donors (Lipinski definition) is 1. The number of ether oxygens (including phenoxy) is 1. The average Bonchev–Trinajstić information content (AvgIpc) is 2.79. The highest BCUT2D eigenvalue weighted by Crippen LogP contribution is 2.12. The summed E-state index contributed by atoms with van der Waals surface area (Å²) in [6, 6.07) is 7.55. The SMILES string of the molecule is COc1ccc(Cn2cc(C(=O)O)cn2)cc1.Cl. The molecule has 0 saturated carbocycles. The highest BCUT2D eigenvalue weighted by Gasteiger charge is 2.05. The van der Waals surface area contributed by atoms with E-state index in [-0.39, 0.29) is 18.0 Å². The van der Waals surface area contributed by atoms with Crippen LogP contribution in [0.2, 0.25) is 0 Å². The summed E-state index contributed by atoms with van der Waals surface area (Å²) >= 11 is 0. The van der Waals surface area contributed by atoms with Gasteiger partial charge in [-0.3, -0.25) is 4.68 Å². The number of rotatable bonds is 4. The van der Waals surface area contributed by atoms with E-state index in [0.29, 0.717) is 6.54 Å². The Hall–Kier alpha value is -2.01. The highest BCUT2D eigenvalue weighted by atomic mass is 35.5. The van der Waals surface area contributed by atoms with Crippen molar-refractivity contribution >= 4 is 18.4 Å². The molecule has 0 unspecified atom stereocenters. The standard InChI is InChI=1S/C12H12N2O3.ClH/c1-17-11-4-2-9(3-5-11)7-14-8-10(6-13-14)12(15)16;/h2-6,8H,7H2,1H3,(H,15,16);1H. The van der Waals surface area contributed by atoms with Gasteiger partial charge in [0.05, 0.1) is 25.4 Å². The lowest BCUT2D eigenvalue weighted by molar-refractivity contribution is 0.0697. The van der Waals surface area contributed by atoms with E-state index in [0.717, 1.165) is 11.3 Å². The predicted octanol–water partition coefficient (Wildman–Crippen LogP) is 2.06. The molecule has 1 heterocycles. The lowest BCUT2D eigenvalue weighted by atomic mass is 10.2. The molecule has 0 aliphatic heterocycles. The second kappa shape index (κ2) is 6.07. The van der Waals surface area contributed by atoms with E-state index >= 15 is 0 Å². The first-order chi connectivity index (χ1) is 8.19. The quantitative estimate of drug-likeness (QED) is 0.922. The Bertz CT molecular complexity index is 522. The largest absolute Gasteiger partial charge is 0.497 e. The fourth-order valence-corrected chi connectivity index (χ4v) is 1.48. The Kier molecular flexibility index (Phi) is 4.74. The number of carboxylic acid groups (broad SMARTS) is 1. The molecular weight excluding hydrogens is 256 g/mol. The van der Waals surface area contributed by atoms with Gasteiger partial charge < -0.3 is 9.84 Å². The minimum Gasteiger partial charge on any atom is -0.497 e. The Morgan fingerprint density at radius 3 is 2.56 bits per heavy atom. The summed E-state index contributed by atoms with van der Waals surface area (Å²) in [6.07, 6.45) is 2.85. The zero-order valence-corrected chi connectivity index (χ0v) is 10.6. The molecule has 1 aromatic carbocycles. The summed E-state index contributed by atoms with van der Waals surface area (Å²) in [5.74, 6) is -0.175. The van der Waals surface area contributed by atoms with Crippen molar-refractivity contribution in [1.82, 2.24) is 9.78 Å². The second-order valence-electron chi connectivity index (χ2n) is 3.58. The van der Waals surface area contributed by atoms with Crippen molar-refractivity contribution in [3.63, 3.8) is 0 Å². The number of hydrogen-bond acceptors (Lipinski definition) is 3. The first-order valence-electron chi connectivity index (χ1n) is 5.07. The first kappa shape index (κ1) is 14.1. The van der Waals surface area contributed by atoms with Crippen LogP contribution in [0.5, 0.6) is 5.75 Å². The van der Waals surface area contributed by atoms with Crippen molar-refractivity contribution in [1.29, 1.82) is 0 Å². The number of halogens is 1. The summed E-state index contributed by atoms with van der Waals surface area (Å²) in [6.45, 7) is 0.539. The van der Waals surface area contributed by atoms with Crippen LogP contribution in [0.3, 0.4) is 0 Å². The first-order valence-corrected chi connectivity index (χ1v) is 5.07. The average molecular weight is 269 g/mol. The van der Waals surface area contributed by atoms with Gasteiger partial charge in [-0.05, 0) is 17.7 Å². The van der Waals surface area contributed by atoms with Gasteiger partial charge in [-0.25, -0.2) is 4.79 Å². The molecule has 5 nitrogen and oxygen atoms in total. The molecule has 1 aromatic heterocycles. The van der Waals surface area contributed by atoms with Crippen molar-refractivity contribution in [2.45, 2.75) is 6.54 Å². The summed E-state index contributed by atoms with van der Waals surface area (Å²) < 4.78 is 6.64. The maximum Gasteiger partial charge on any atom is 0.338 e. The van der Waals surface area contributed by atoms with Crippen LogP contribution < -0.4 is 4.74 Å². The number of aromatic nitrogens is 2. The molecular formula is C12H13ClN2O3. The van der Waals surface area contributed by atoms with E-state index < -0.39 is 5.97 Å². The normalized spacial score (nSPS) is 9.61. The van der Waals surface area contributed by atoms with Crippen LogP contribution in [0.15, 0.2) is 36.7 Å². The van der Waals surface area contributed by atoms with Gasteiger partial charge >= 0.3 is 5.97 Å². The third-order valence-corrected chi connectivity index (χ3v) is 2.38. The van der Waals surface area contributed by atoms with Gasteiger partial charge in [0, 0.05) is 6.20 Å². The van der Waals surface area contributed by atoms with E-state index in [4.69, 9.17) is 9.84 Å². The van der Waals surface area contributed by atoms with E-state index in [2.05, 4.69) is 5.10 Å². The van der Waals surface area contributed by atoms with Gasteiger partial charge in [0.25, 0.3) is 0 Å². The van der Waals surface area contributed by atoms with Gasteiger partial charge in [0.1, 0.15) is 5.75 Å². The molecule has 0 fully saturated rings. The summed E-state index contributed by atoms with van der Waals surface area (Å²) in [5, 5.41) is 12.7. The lowest BCUT2D eigenvalue weighted by Gasteiger charge is -2.03. The molecule has 0 aliphatic rings. The number of nitrogens with zero attached hydrogens (tertiary/aromatic N) is 2. The van der Waals surface area contributed by atoms with Crippen LogP contribution in [0.25, 0.3) is 0 Å². The number of benzene rings is 1. The molecule has 96 valence electrons. The zero-order chi connectivity index (χ0) is 12.3. The monoisotopic (exact) mass is 268 g/mol. The fourth-order valence-electron chi connectivity index (χ4n) is 1.48. The van der Waals surface area contributed by atoms with Crippen molar-refractivity contribution in [2.24, 2.45) is 0 Å². The number of methoxy groups -OCH3 is 1. The molecule has 0 atom stereocenters. The molecule has 0 bridgehead atoms. The molecule has 0 aliphatic carbocycles. The van der Waals surface area contributed by atoms with Crippen LogP contribution in [0, 0.1) is 0 Å². The molecule has 2 aromatic rings. The van der Waals surface area contributed by atoms with Crippen molar-refractivity contribution < 1.29 is 14.6 Å². The fraction of sp³-hybridized carbons (Fsp3) is 0.167. The Balaban J connectivity index is 0.00000162. The summed E-state index contributed by atoms with van der Waals surface area (Å²) in [7, 11) is 1.61. The highest BCUT2D eigenvalue weighted by molar-refractivity contribution is 5.86. The van der Waals surface area contributed by atoms with E-state index in [9.17, 15) is 4.79 Å². The van der Waals surface area contributed by atoms with Crippen LogP contribution in [-0.2, 0) is 6.54 Å². The second-order valence-corrected chi connectivity index (χ2v) is 3.58. The van der Waals surface area contributed by atoms with E-state index in [1.165, 1.54) is 12.4 Å². The van der Waals surface area contributed by atoms with Crippen molar-refractivity contribution in [2.75, 3.05) is 7.11 Å². The molecule has 0 amide bonds. The van der Waals surface area contributed by atoms with E-state index in [1.807, 2.05) is 24.3 Å². The van der Waals surface area contributed by atoms with Gasteiger partial charge in [-0.15, -0.1) is 12.4 Å². The van der Waals surface area contributed by atoms with Crippen molar-refractivity contribution in [3.05, 3.63) is 47.8 Å². The molecule has 0 radical (unpaired) electrons. The third kappa shape index (κ3) is 3.24. The van der Waals surface area contributed by atoms with Crippen LogP contribution >= 0.6 is 12.4 Å². The molecule has 1 N–H and O–H groups in total. The molecule has 18 heavy (non-hydrogen) atoms. The lowest BCUT2D eigenvalue weighted by Crippen LogP contribution is -2.00. The summed E-state index contributed by atoms with van der Waals surface area (Å²) in [5.41, 5.74) is 1.23. The van der Waals surface area contributed by atoms with Gasteiger partial charge in [-0.1, -0.05) is 12.1 Å². The molecule has 0 spiro atoms. The Morgan fingerprint density at radius 1 is 1.39 bits per heavy atom. The van der Waals surface area contributed by atoms with Crippen molar-refractivity contribution in [3.8, 4) is 5.75 Å². The van der Waals surface area contributed by atoms with Crippen LogP contribution in [0.1, 0.15) is 15.9 Å². The summed E-state index contributed by atoms with van der Waals surface area (Å²) in [4.78, 5) is 10.7. The van der Waals surface area contributed by atoms with Gasteiger partial charge in [-0.2, -0.15) is 5.10 Å². The third-order valence-electron chi connectivity index (χ3n) is 2.38. The maximum atomic E-state index is 10.7. The molecule has 0 saturated heterocycles. The number of aromatic carboxylic acids is 1. The van der Waals surface area contributed by atoms with E-state index in [1.54, 1.807) is 11.8 Å². The van der Waals surface area contributed by atoms with Gasteiger partial charge in [0.2, 0.25) is 0 Å². The maximum absolute atomic E-state index is 10.7. The predicted molar refractivity (Wildman–Crippen MR) is 68.5 cm³/mol. The van der Waals surface area contributed by atoms with Gasteiger partial charge in [0.15, 0.2) is 0 Å². The Morgan fingerprint density at radius 2 is 2.06 bits per heavy atom. The molecule has 2 rings (SSSR count). The zero-order valence-electron chi connectivity index (χ0n) is 9.74. The minimum atomic E-state index is -0.967. The van der Waals surface area contributed by atoms with Crippen LogP contribution in [0.4, 0.5) is 0 Å².